The number of ether oxygens (including phenoxy) is 4. The smallest absolute Gasteiger partial charge is 0.407 e. The lowest BCUT2D eigenvalue weighted by Crippen LogP contribution is -2.51. The van der Waals surface area contributed by atoms with Crippen LogP contribution in [0.25, 0.3) is 22.5 Å². The zero-order chi connectivity index (χ0) is 39.7. The van der Waals surface area contributed by atoms with Gasteiger partial charge < -0.3 is 44.4 Å². The fourth-order valence-electron chi connectivity index (χ4n) is 7.80. The number of nitrogens with one attached hydrogen (secondary N) is 4. The molecular formula is C40H49N8O8+. The number of H-pyrrole nitrogens is 2. The van der Waals surface area contributed by atoms with Gasteiger partial charge in [0.25, 0.3) is 5.82 Å². The van der Waals surface area contributed by atoms with Crippen molar-refractivity contribution in [2.24, 2.45) is 13.0 Å². The van der Waals surface area contributed by atoms with E-state index in [1.54, 1.807) is 11.1 Å². The van der Waals surface area contributed by atoms with E-state index in [0.29, 0.717) is 48.3 Å². The second-order valence-electron chi connectivity index (χ2n) is 14.7. The van der Waals surface area contributed by atoms with Gasteiger partial charge in [-0.15, -0.1) is 0 Å². The third-order valence-electron chi connectivity index (χ3n) is 10.8. The monoisotopic (exact) mass is 769 g/mol. The molecule has 16 heteroatoms. The predicted molar refractivity (Wildman–Crippen MR) is 203 cm³/mol. The van der Waals surface area contributed by atoms with Crippen molar-refractivity contribution in [1.82, 2.24) is 35.4 Å². The molecule has 4 unspecified atom stereocenters. The Morgan fingerprint density at radius 3 is 2.04 bits per heavy atom. The average Bonchev–Trinajstić information content (AvgIpc) is 4.04. The van der Waals surface area contributed by atoms with Gasteiger partial charge in [-0.2, -0.15) is 0 Å². The van der Waals surface area contributed by atoms with Crippen molar-refractivity contribution in [3.05, 3.63) is 60.4 Å². The zero-order valence-electron chi connectivity index (χ0n) is 32.5. The van der Waals surface area contributed by atoms with Gasteiger partial charge in [-0.1, -0.05) is 20.8 Å². The van der Waals surface area contributed by atoms with Crippen LogP contribution in [0.3, 0.4) is 0 Å². The standard InChI is InChI=1S/C40H48N8O8/c1-7-25(44-39(51)53-5)37(49)48-17-9-11-29(48)36-43-27(21-46(36)4)24-13-15-31-33(19-24)56-30-14-12-23(18-32(30)55-31)26-20-41-35(42-26)28-10-8-16-47(28)38(50)34(22(2)3)45-40(52)54-6/h12-15,18-22,25,28-29,34H,7-11,16-17H2,1-6H3,(H3,41,42,44,45,51,52)/p+1. The molecule has 7 rings (SSSR count). The number of likely N-dealkylation sites (tertiary alicyclic amines) is 2. The van der Waals surface area contributed by atoms with E-state index in [1.165, 1.54) is 14.2 Å². The Hall–Kier alpha value is -6.06. The molecule has 296 valence electrons. The van der Waals surface area contributed by atoms with E-state index in [9.17, 15) is 19.2 Å². The summed E-state index contributed by atoms with van der Waals surface area (Å²) in [5.74, 6) is 3.38. The van der Waals surface area contributed by atoms with Crippen molar-refractivity contribution in [3.63, 3.8) is 0 Å². The highest BCUT2D eigenvalue weighted by molar-refractivity contribution is 5.87. The molecule has 0 aliphatic carbocycles. The minimum absolute atomic E-state index is 0.126. The van der Waals surface area contributed by atoms with Gasteiger partial charge in [0.15, 0.2) is 28.7 Å². The molecule has 0 spiro atoms. The van der Waals surface area contributed by atoms with Gasteiger partial charge in [0.05, 0.1) is 39.2 Å². The number of hydrogen-bond acceptors (Lipinski definition) is 9. The summed E-state index contributed by atoms with van der Waals surface area (Å²) in [6.07, 6.45) is 6.14. The zero-order valence-corrected chi connectivity index (χ0v) is 32.5. The van der Waals surface area contributed by atoms with Crippen LogP contribution >= 0.6 is 0 Å². The Morgan fingerprint density at radius 2 is 1.43 bits per heavy atom. The van der Waals surface area contributed by atoms with Crippen molar-refractivity contribution in [2.45, 2.75) is 77.0 Å². The highest BCUT2D eigenvalue weighted by atomic mass is 16.6. The number of hydrogen-bond donors (Lipinski definition) is 4. The number of amides is 4. The van der Waals surface area contributed by atoms with E-state index in [1.807, 2.05) is 79.9 Å². The summed E-state index contributed by atoms with van der Waals surface area (Å²) in [5, 5.41) is 5.35. The number of rotatable bonds is 10. The molecule has 2 fully saturated rings. The Labute approximate surface area is 324 Å². The Balaban J connectivity index is 1.05. The molecule has 0 radical (unpaired) electrons. The second kappa shape index (κ2) is 16.0. The maximum absolute atomic E-state index is 13.6. The van der Waals surface area contributed by atoms with E-state index in [2.05, 4.69) is 25.6 Å². The van der Waals surface area contributed by atoms with E-state index in [0.717, 1.165) is 54.0 Å². The number of methoxy groups -OCH3 is 2. The van der Waals surface area contributed by atoms with Gasteiger partial charge in [0.2, 0.25) is 11.8 Å². The maximum Gasteiger partial charge on any atom is 0.407 e. The largest absolute Gasteiger partial charge is 0.453 e. The van der Waals surface area contributed by atoms with Gasteiger partial charge in [-0.05, 0) is 74.4 Å². The molecule has 4 N–H and O–H groups in total. The van der Waals surface area contributed by atoms with E-state index >= 15 is 0 Å². The van der Waals surface area contributed by atoms with E-state index < -0.39 is 24.3 Å². The summed E-state index contributed by atoms with van der Waals surface area (Å²) in [6.45, 7) is 6.80. The second-order valence-corrected chi connectivity index (χ2v) is 14.7. The Kier molecular flexibility index (Phi) is 10.9. The number of aryl methyl sites for hydroxylation is 1. The van der Waals surface area contributed by atoms with Gasteiger partial charge in [-0.3, -0.25) is 9.59 Å². The number of fused-ring (bicyclic) bond motifs is 2. The molecule has 2 saturated heterocycles. The molecule has 4 atom stereocenters. The summed E-state index contributed by atoms with van der Waals surface area (Å²) in [5.41, 5.74) is 3.34. The van der Waals surface area contributed by atoms with Crippen molar-refractivity contribution >= 4 is 24.0 Å². The van der Waals surface area contributed by atoms with Crippen molar-refractivity contribution < 1.29 is 42.7 Å². The molecule has 0 bridgehead atoms. The first-order valence-electron chi connectivity index (χ1n) is 19.1. The minimum Gasteiger partial charge on any atom is -0.453 e. The number of carbonyl (C=O) groups is 4. The van der Waals surface area contributed by atoms with Gasteiger partial charge in [0.1, 0.15) is 30.1 Å². The number of carbonyl (C=O) groups excluding carboxylic acids is 4. The van der Waals surface area contributed by atoms with Crippen LogP contribution in [0.2, 0.25) is 0 Å². The first-order valence-corrected chi connectivity index (χ1v) is 19.1. The van der Waals surface area contributed by atoms with E-state index in [4.69, 9.17) is 18.9 Å². The highest BCUT2D eigenvalue weighted by Gasteiger charge is 2.40. The average molecular weight is 770 g/mol. The van der Waals surface area contributed by atoms with Gasteiger partial charge in [0, 0.05) is 24.2 Å². The molecule has 16 nitrogen and oxygen atoms in total. The Bertz CT molecular complexity index is 2130. The van der Waals surface area contributed by atoms with Crippen LogP contribution in [-0.2, 0) is 26.1 Å². The van der Waals surface area contributed by atoms with Crippen LogP contribution in [0.15, 0.2) is 48.8 Å². The first kappa shape index (κ1) is 38.2. The number of nitrogens with zero attached hydrogens (tertiary/aromatic N) is 4. The van der Waals surface area contributed by atoms with Crippen LogP contribution in [0.5, 0.6) is 23.0 Å². The number of alkyl carbamates (subject to hydrolysis) is 2. The fraction of sp³-hybridized carbons (Fsp3) is 0.450. The van der Waals surface area contributed by atoms with E-state index in [-0.39, 0.29) is 29.8 Å². The van der Waals surface area contributed by atoms with Gasteiger partial charge >= 0.3 is 12.2 Å². The molecule has 4 amide bonds. The molecule has 3 aliphatic heterocycles. The predicted octanol–water partition coefficient (Wildman–Crippen LogP) is 5.64. The molecule has 2 aromatic heterocycles. The lowest BCUT2D eigenvalue weighted by Gasteiger charge is -2.30. The van der Waals surface area contributed by atoms with Crippen LogP contribution in [0, 0.1) is 5.92 Å². The molecule has 3 aliphatic rings. The summed E-state index contributed by atoms with van der Waals surface area (Å²) >= 11 is 0. The molecule has 56 heavy (non-hydrogen) atoms. The Morgan fingerprint density at radius 1 is 0.839 bits per heavy atom. The molecular weight excluding hydrogens is 720 g/mol. The summed E-state index contributed by atoms with van der Waals surface area (Å²) in [6, 6.07) is 9.62. The van der Waals surface area contributed by atoms with Crippen LogP contribution in [-0.4, -0.2) is 88.1 Å². The number of aromatic amines is 2. The lowest BCUT2D eigenvalue weighted by molar-refractivity contribution is -0.680. The third-order valence-corrected chi connectivity index (χ3v) is 10.8. The summed E-state index contributed by atoms with van der Waals surface area (Å²) in [7, 11) is 4.51. The fourth-order valence-corrected chi connectivity index (χ4v) is 7.80. The first-order chi connectivity index (χ1) is 27.0. The number of imidazole rings is 2. The van der Waals surface area contributed by atoms with Crippen molar-refractivity contribution in [2.75, 3.05) is 27.3 Å². The van der Waals surface area contributed by atoms with Gasteiger partial charge in [-0.25, -0.2) is 24.1 Å². The molecule has 4 aromatic rings. The SMILES string of the molecule is CCC(NC(=O)OC)C(=O)N1CCCC1c1[nH]c(-c2ccc3c(c2)Oc2ccc(-c4cnc(C5CCCN5C(=O)C(NC(=O)OC)C(C)C)[nH]4)cc2O3)c[n+]1C. The lowest BCUT2D eigenvalue weighted by atomic mass is 10.0. The maximum atomic E-state index is 13.6. The number of benzene rings is 2. The quantitative estimate of drug-likeness (QED) is 0.131. The molecule has 0 saturated carbocycles. The van der Waals surface area contributed by atoms with Crippen LogP contribution in [0.1, 0.15) is 76.6 Å². The topological polar surface area (TPSA) is 184 Å². The van der Waals surface area contributed by atoms with Crippen LogP contribution in [0.4, 0.5) is 9.59 Å². The van der Waals surface area contributed by atoms with Crippen LogP contribution < -0.4 is 24.7 Å². The number of aromatic nitrogens is 4. The summed E-state index contributed by atoms with van der Waals surface area (Å²) in [4.78, 5) is 66.2. The normalized spacial score (nSPS) is 18.3. The van der Waals surface area contributed by atoms with Crippen molar-refractivity contribution in [3.8, 4) is 45.5 Å². The van der Waals surface area contributed by atoms with Crippen molar-refractivity contribution in [1.29, 1.82) is 0 Å². The molecule has 5 heterocycles. The molecule has 2 aromatic carbocycles. The summed E-state index contributed by atoms with van der Waals surface area (Å²) < 4.78 is 24.2. The minimum atomic E-state index is -0.713. The highest BCUT2D eigenvalue weighted by Crippen LogP contribution is 2.48. The third kappa shape index (κ3) is 7.47.